The molecule has 1 aromatic heterocycles. The molecule has 2 fully saturated rings. The number of likely N-dealkylation sites (tertiary alicyclic amines) is 1. The number of fused-ring (bicyclic) bond motifs is 1. The second kappa shape index (κ2) is 6.31. The van der Waals surface area contributed by atoms with Crippen LogP contribution in [0.1, 0.15) is 31.4 Å². The van der Waals surface area contributed by atoms with E-state index in [0.717, 1.165) is 65.6 Å². The van der Waals surface area contributed by atoms with Gasteiger partial charge in [0.25, 0.3) is 0 Å². The molecule has 1 amide bonds. The number of ether oxygens (including phenoxy) is 1. The maximum absolute atomic E-state index is 12.1. The molecule has 4 rings (SSSR count). The highest BCUT2D eigenvalue weighted by atomic mass is 79.9. The molecule has 2 aromatic rings. The van der Waals surface area contributed by atoms with Crippen molar-refractivity contribution in [2.75, 3.05) is 13.1 Å². The fraction of sp³-hybridized carbons (Fsp3) is 0.500. The Balaban J connectivity index is 1.49. The third-order valence-corrected chi connectivity index (χ3v) is 5.30. The Bertz CT molecular complexity index is 783. The van der Waals surface area contributed by atoms with E-state index in [4.69, 9.17) is 4.74 Å². The summed E-state index contributed by atoms with van der Waals surface area (Å²) in [5.74, 6) is 1.43. The van der Waals surface area contributed by atoms with Crippen molar-refractivity contribution in [1.29, 1.82) is 0 Å². The fourth-order valence-electron chi connectivity index (χ4n) is 3.28. The predicted octanol–water partition coefficient (Wildman–Crippen LogP) is 3.48. The number of carbonyl (C=O) groups is 1. The van der Waals surface area contributed by atoms with Crippen molar-refractivity contribution in [3.05, 3.63) is 28.6 Å². The van der Waals surface area contributed by atoms with Crippen molar-refractivity contribution in [2.45, 2.75) is 38.7 Å². The largest absolute Gasteiger partial charge is 0.488 e. The molecule has 1 aliphatic carbocycles. The SMILES string of the molecule is Cc1ncnc2c(OC3CCN(C(=O)C4CC4)CC3)cc(Br)cc12. The number of hydrogen-bond donors (Lipinski definition) is 0. The zero-order valence-electron chi connectivity index (χ0n) is 13.7. The summed E-state index contributed by atoms with van der Waals surface area (Å²) < 4.78 is 7.21. The lowest BCUT2D eigenvalue weighted by Gasteiger charge is -2.32. The average Bonchev–Trinajstić information content (AvgIpc) is 3.41. The van der Waals surface area contributed by atoms with E-state index >= 15 is 0 Å². The molecule has 24 heavy (non-hydrogen) atoms. The Morgan fingerprint density at radius 2 is 1.96 bits per heavy atom. The van der Waals surface area contributed by atoms with E-state index in [-0.39, 0.29) is 6.10 Å². The van der Waals surface area contributed by atoms with Crippen LogP contribution in [-0.2, 0) is 4.79 Å². The molecule has 0 radical (unpaired) electrons. The van der Waals surface area contributed by atoms with Gasteiger partial charge in [0.1, 0.15) is 23.7 Å². The van der Waals surface area contributed by atoms with Gasteiger partial charge in [0, 0.05) is 47.4 Å². The molecule has 126 valence electrons. The number of amides is 1. The zero-order valence-corrected chi connectivity index (χ0v) is 15.3. The van der Waals surface area contributed by atoms with Crippen LogP contribution >= 0.6 is 15.9 Å². The second-order valence-electron chi connectivity index (χ2n) is 6.68. The van der Waals surface area contributed by atoms with E-state index in [0.29, 0.717) is 11.8 Å². The number of rotatable bonds is 3. The van der Waals surface area contributed by atoms with E-state index in [2.05, 4.69) is 25.9 Å². The minimum absolute atomic E-state index is 0.126. The number of benzene rings is 1. The van der Waals surface area contributed by atoms with Crippen LogP contribution in [0.2, 0.25) is 0 Å². The van der Waals surface area contributed by atoms with Crippen molar-refractivity contribution in [1.82, 2.24) is 14.9 Å². The molecule has 0 unspecified atom stereocenters. The van der Waals surface area contributed by atoms with E-state index < -0.39 is 0 Å². The van der Waals surface area contributed by atoms with Crippen LogP contribution in [0.15, 0.2) is 22.9 Å². The first-order chi connectivity index (χ1) is 11.6. The van der Waals surface area contributed by atoms with Gasteiger partial charge in [-0.15, -0.1) is 0 Å². The van der Waals surface area contributed by atoms with Gasteiger partial charge in [-0.3, -0.25) is 4.79 Å². The Morgan fingerprint density at radius 1 is 1.21 bits per heavy atom. The molecule has 1 saturated carbocycles. The highest BCUT2D eigenvalue weighted by Gasteiger charge is 2.35. The molecule has 1 saturated heterocycles. The molecule has 2 heterocycles. The lowest BCUT2D eigenvalue weighted by Crippen LogP contribution is -2.42. The molecular weight excluding hydrogens is 370 g/mol. The van der Waals surface area contributed by atoms with Gasteiger partial charge in [0.15, 0.2) is 0 Å². The zero-order chi connectivity index (χ0) is 16.7. The quantitative estimate of drug-likeness (QED) is 0.805. The standard InChI is InChI=1S/C18H20BrN3O2/c1-11-15-8-13(19)9-16(17(15)21-10-20-11)24-14-4-6-22(7-5-14)18(23)12-2-3-12/h8-10,12,14H,2-7H2,1H3. The second-order valence-corrected chi connectivity index (χ2v) is 7.59. The number of aromatic nitrogens is 2. The Hall–Kier alpha value is -1.69. The van der Waals surface area contributed by atoms with Gasteiger partial charge >= 0.3 is 0 Å². The van der Waals surface area contributed by atoms with Crippen molar-refractivity contribution < 1.29 is 9.53 Å². The Labute approximate surface area is 149 Å². The first-order valence-corrected chi connectivity index (χ1v) is 9.27. The molecule has 1 aliphatic heterocycles. The average molecular weight is 390 g/mol. The molecule has 6 heteroatoms. The molecule has 5 nitrogen and oxygen atoms in total. The van der Waals surface area contributed by atoms with Gasteiger partial charge in [-0.05, 0) is 31.9 Å². The summed E-state index contributed by atoms with van der Waals surface area (Å²) in [5, 5.41) is 1.00. The minimum atomic E-state index is 0.126. The van der Waals surface area contributed by atoms with Gasteiger partial charge in [-0.2, -0.15) is 0 Å². The lowest BCUT2D eigenvalue weighted by atomic mass is 10.1. The van der Waals surface area contributed by atoms with Crippen molar-refractivity contribution >= 4 is 32.7 Å². The van der Waals surface area contributed by atoms with Gasteiger partial charge in [-0.25, -0.2) is 9.97 Å². The predicted molar refractivity (Wildman–Crippen MR) is 94.9 cm³/mol. The van der Waals surface area contributed by atoms with Crippen LogP contribution in [0.25, 0.3) is 10.9 Å². The summed E-state index contributed by atoms with van der Waals surface area (Å²) >= 11 is 3.55. The van der Waals surface area contributed by atoms with Crippen LogP contribution in [0.4, 0.5) is 0 Å². The van der Waals surface area contributed by atoms with Crippen molar-refractivity contribution in [2.24, 2.45) is 5.92 Å². The summed E-state index contributed by atoms with van der Waals surface area (Å²) in [7, 11) is 0. The summed E-state index contributed by atoms with van der Waals surface area (Å²) in [6, 6.07) is 3.99. The minimum Gasteiger partial charge on any atom is -0.488 e. The van der Waals surface area contributed by atoms with Crippen molar-refractivity contribution in [3.8, 4) is 5.75 Å². The van der Waals surface area contributed by atoms with Crippen LogP contribution in [0, 0.1) is 12.8 Å². The first-order valence-electron chi connectivity index (χ1n) is 8.48. The summed E-state index contributed by atoms with van der Waals surface area (Å²) in [6.45, 7) is 3.56. The lowest BCUT2D eigenvalue weighted by molar-refractivity contribution is -0.134. The highest BCUT2D eigenvalue weighted by molar-refractivity contribution is 9.10. The van der Waals surface area contributed by atoms with Gasteiger partial charge in [0.2, 0.25) is 5.91 Å². The highest BCUT2D eigenvalue weighted by Crippen LogP contribution is 2.34. The number of hydrogen-bond acceptors (Lipinski definition) is 4. The van der Waals surface area contributed by atoms with E-state index in [1.807, 2.05) is 24.0 Å². The van der Waals surface area contributed by atoms with Crippen LogP contribution in [0.5, 0.6) is 5.75 Å². The topological polar surface area (TPSA) is 55.3 Å². The Morgan fingerprint density at radius 3 is 2.67 bits per heavy atom. The van der Waals surface area contributed by atoms with Gasteiger partial charge in [-0.1, -0.05) is 15.9 Å². The molecule has 0 bridgehead atoms. The fourth-order valence-corrected chi connectivity index (χ4v) is 3.71. The molecule has 2 aliphatic rings. The van der Waals surface area contributed by atoms with Gasteiger partial charge in [0.05, 0.1) is 0 Å². The van der Waals surface area contributed by atoms with E-state index in [1.54, 1.807) is 6.33 Å². The van der Waals surface area contributed by atoms with Gasteiger partial charge < -0.3 is 9.64 Å². The third kappa shape index (κ3) is 3.11. The first kappa shape index (κ1) is 15.8. The number of carbonyl (C=O) groups excluding carboxylic acids is 1. The molecule has 1 aromatic carbocycles. The molecular formula is C18H20BrN3O2. The normalized spacial score (nSPS) is 18.8. The molecule has 0 N–H and O–H groups in total. The number of piperidine rings is 1. The number of nitrogens with zero attached hydrogens (tertiary/aromatic N) is 3. The Kier molecular flexibility index (Phi) is 4.16. The monoisotopic (exact) mass is 389 g/mol. The smallest absolute Gasteiger partial charge is 0.225 e. The third-order valence-electron chi connectivity index (χ3n) is 4.84. The van der Waals surface area contributed by atoms with Crippen LogP contribution in [-0.4, -0.2) is 40.0 Å². The van der Waals surface area contributed by atoms with Crippen LogP contribution in [0.3, 0.4) is 0 Å². The van der Waals surface area contributed by atoms with Crippen molar-refractivity contribution in [3.63, 3.8) is 0 Å². The summed E-state index contributed by atoms with van der Waals surface area (Å²) in [5.41, 5.74) is 1.79. The molecule has 0 spiro atoms. The maximum atomic E-state index is 12.1. The summed E-state index contributed by atoms with van der Waals surface area (Å²) in [6.07, 6.45) is 5.58. The van der Waals surface area contributed by atoms with E-state index in [1.165, 1.54) is 0 Å². The summed E-state index contributed by atoms with van der Waals surface area (Å²) in [4.78, 5) is 22.8. The molecule has 0 atom stereocenters. The number of halogens is 1. The van der Waals surface area contributed by atoms with E-state index in [9.17, 15) is 4.79 Å². The maximum Gasteiger partial charge on any atom is 0.225 e. The number of aryl methyl sites for hydroxylation is 1. The van der Waals surface area contributed by atoms with Crippen LogP contribution < -0.4 is 4.74 Å².